The van der Waals surface area contributed by atoms with Crippen molar-refractivity contribution < 1.29 is 62.2 Å². The largest absolute Gasteiger partial charge is 0.542 e. The number of aliphatic carboxylic acids is 1. The average Bonchev–Trinajstić information content (AvgIpc) is 3.64. The number of nitrogens with zero attached hydrogens (tertiary/aromatic N) is 1. The molecule has 298 valence electrons. The number of halogens is 3. The second kappa shape index (κ2) is 23.3. The lowest BCUT2D eigenvalue weighted by Gasteiger charge is -2.29. The van der Waals surface area contributed by atoms with Crippen LogP contribution in [-0.2, 0) is 53.2 Å². The summed E-state index contributed by atoms with van der Waals surface area (Å²) in [4.78, 5) is 61.7. The molecule has 0 spiro atoms. The van der Waals surface area contributed by atoms with E-state index in [2.05, 4.69) is 21.3 Å². The van der Waals surface area contributed by atoms with E-state index in [1.165, 1.54) is 0 Å². The van der Waals surface area contributed by atoms with Gasteiger partial charge in [-0.2, -0.15) is 13.2 Å². The summed E-state index contributed by atoms with van der Waals surface area (Å²) in [7, 11) is 0. The molecular weight excluding hydrogens is 725 g/mol. The van der Waals surface area contributed by atoms with Gasteiger partial charge in [-0.1, -0.05) is 91.0 Å². The number of rotatable bonds is 18. The number of benzene rings is 3. The molecule has 3 aromatic carbocycles. The number of esters is 2. The lowest BCUT2D eigenvalue weighted by atomic mass is 10.1. The molecule has 0 aliphatic carbocycles. The number of carbonyl (C=O) groups is 5. The molecule has 55 heavy (non-hydrogen) atoms. The van der Waals surface area contributed by atoms with Crippen molar-refractivity contribution in [3.63, 3.8) is 0 Å². The highest BCUT2D eigenvalue weighted by Crippen LogP contribution is 2.21. The number of alkyl carbamates (subject to hydrolysis) is 1. The molecule has 5 N–H and O–H groups in total. The van der Waals surface area contributed by atoms with Gasteiger partial charge < -0.3 is 40.5 Å². The van der Waals surface area contributed by atoms with E-state index in [1.807, 2.05) is 91.0 Å². The molecule has 0 radical (unpaired) electrons. The fraction of sp³-hybridized carbons (Fsp3) is 0.410. The fourth-order valence-electron chi connectivity index (χ4n) is 5.52. The highest BCUT2D eigenvalue weighted by molar-refractivity contribution is 5.85. The first-order chi connectivity index (χ1) is 26.3. The molecule has 4 rings (SSSR count). The highest BCUT2D eigenvalue weighted by atomic mass is 19.4. The molecule has 1 aliphatic rings. The van der Waals surface area contributed by atoms with E-state index in [1.54, 1.807) is 0 Å². The van der Waals surface area contributed by atoms with Crippen molar-refractivity contribution in [2.24, 2.45) is 0 Å². The minimum absolute atomic E-state index is 0.126. The van der Waals surface area contributed by atoms with Crippen molar-refractivity contribution in [1.29, 1.82) is 0 Å². The minimum Gasteiger partial charge on any atom is -0.542 e. The molecule has 16 heteroatoms. The lowest BCUT2D eigenvalue weighted by molar-refractivity contribution is -0.403. The number of amides is 2. The molecule has 1 saturated heterocycles. The Morgan fingerprint density at radius 3 is 1.84 bits per heavy atom. The Morgan fingerprint density at radius 2 is 1.31 bits per heavy atom. The van der Waals surface area contributed by atoms with Crippen molar-refractivity contribution in [2.75, 3.05) is 19.6 Å². The second-order valence-electron chi connectivity index (χ2n) is 12.8. The van der Waals surface area contributed by atoms with Gasteiger partial charge in [0.1, 0.15) is 38.3 Å². The number of alkyl halides is 3. The van der Waals surface area contributed by atoms with E-state index in [4.69, 9.17) is 24.1 Å². The third-order valence-electron chi connectivity index (χ3n) is 8.38. The average molecular weight is 773 g/mol. The van der Waals surface area contributed by atoms with Gasteiger partial charge in [0.05, 0.1) is 0 Å². The van der Waals surface area contributed by atoms with Gasteiger partial charge in [0, 0.05) is 19.1 Å². The van der Waals surface area contributed by atoms with Gasteiger partial charge in [0.25, 0.3) is 5.91 Å². The number of ether oxygens (including phenoxy) is 3. The van der Waals surface area contributed by atoms with E-state index in [0.717, 1.165) is 23.1 Å². The Labute approximate surface area is 317 Å². The monoisotopic (exact) mass is 772 g/mol. The molecule has 0 aromatic heterocycles. The van der Waals surface area contributed by atoms with Gasteiger partial charge >= 0.3 is 24.2 Å². The second-order valence-corrected chi connectivity index (χ2v) is 12.8. The summed E-state index contributed by atoms with van der Waals surface area (Å²) in [5.41, 5.74) is 6.60. The standard InChI is InChI=1S/C37H46N4O7.C2HF3O2/c38-32(23-34(42)46-25-28-13-4-1-5-14-28)35(43)40-31(19-10-11-21-39-37(45)48-27-30-17-8-3-9-18-30)24-41-22-12-20-33(41)36(44)47-26-29-15-6-2-7-16-29;3-2(4,5)1(6)7/h1-9,13-18,31-33H,10-12,19-27,38H2,(H,39,45)(H,40,43);(H,6,7)/t31-,32-,33-;/m0./s1. The van der Waals surface area contributed by atoms with Gasteiger partial charge in [-0.25, -0.2) is 4.79 Å². The number of quaternary nitrogens is 1. The molecular formula is C39H47F3N4O9. The van der Waals surface area contributed by atoms with Crippen LogP contribution >= 0.6 is 0 Å². The maximum atomic E-state index is 13.2. The SMILES string of the molecule is O=C([O-])C(F)(F)F.[NH3+][C@@H](CC(=O)OCc1ccccc1)C(=O)N[C@@H](CCCCNC(=O)OCc1ccccc1)CN1CCC[C@H]1C(=O)OCc1ccccc1. The van der Waals surface area contributed by atoms with Crippen molar-refractivity contribution in [1.82, 2.24) is 15.5 Å². The highest BCUT2D eigenvalue weighted by Gasteiger charge is 2.34. The van der Waals surface area contributed by atoms with Crippen LogP contribution < -0.4 is 21.5 Å². The molecule has 3 atom stereocenters. The van der Waals surface area contributed by atoms with Gasteiger partial charge in [0.15, 0.2) is 6.04 Å². The number of hydrogen-bond donors (Lipinski definition) is 3. The van der Waals surface area contributed by atoms with Gasteiger partial charge in [-0.05, 0) is 55.3 Å². The Balaban J connectivity index is 0.00000106. The van der Waals surface area contributed by atoms with Crippen molar-refractivity contribution in [3.05, 3.63) is 108 Å². The zero-order chi connectivity index (χ0) is 40.1. The number of nitrogens with one attached hydrogen (secondary N) is 2. The number of hydrogen-bond acceptors (Lipinski definition) is 10. The quantitative estimate of drug-likeness (QED) is 0.0985. The van der Waals surface area contributed by atoms with Crippen LogP contribution in [0.5, 0.6) is 0 Å². The van der Waals surface area contributed by atoms with Crippen LogP contribution in [0.25, 0.3) is 0 Å². The van der Waals surface area contributed by atoms with E-state index in [9.17, 15) is 32.3 Å². The Hall–Kier alpha value is -5.48. The zero-order valence-electron chi connectivity index (χ0n) is 30.3. The molecule has 0 bridgehead atoms. The summed E-state index contributed by atoms with van der Waals surface area (Å²) in [6.45, 7) is 2.07. The normalized spacial score (nSPS) is 15.0. The van der Waals surface area contributed by atoms with Gasteiger partial charge in [0.2, 0.25) is 0 Å². The Bertz CT molecular complexity index is 1630. The Kier molecular flexibility index (Phi) is 18.6. The van der Waals surface area contributed by atoms with Crippen LogP contribution in [0.3, 0.4) is 0 Å². The zero-order valence-corrected chi connectivity index (χ0v) is 30.3. The molecule has 3 aromatic rings. The van der Waals surface area contributed by atoms with E-state index in [-0.39, 0.29) is 44.2 Å². The number of carboxylic acid groups (broad SMARTS) is 1. The fourth-order valence-corrected chi connectivity index (χ4v) is 5.52. The van der Waals surface area contributed by atoms with Gasteiger partial charge in [-0.15, -0.1) is 0 Å². The van der Waals surface area contributed by atoms with E-state index >= 15 is 0 Å². The first-order valence-electron chi connectivity index (χ1n) is 17.8. The number of carbonyl (C=O) groups excluding carboxylic acids is 5. The van der Waals surface area contributed by atoms with Crippen LogP contribution in [0.15, 0.2) is 91.0 Å². The van der Waals surface area contributed by atoms with Crippen LogP contribution in [0.4, 0.5) is 18.0 Å². The molecule has 13 nitrogen and oxygen atoms in total. The molecule has 0 saturated carbocycles. The number of carboxylic acids is 1. The lowest BCUT2D eigenvalue weighted by Crippen LogP contribution is -2.69. The van der Waals surface area contributed by atoms with Crippen LogP contribution in [-0.4, -0.2) is 78.7 Å². The summed E-state index contributed by atoms with van der Waals surface area (Å²) in [6.07, 6.45) is -2.37. The smallest absolute Gasteiger partial charge is 0.430 e. The minimum atomic E-state index is -5.19. The predicted octanol–water partition coefficient (Wildman–Crippen LogP) is 2.82. The van der Waals surface area contributed by atoms with Gasteiger partial charge in [-0.3, -0.25) is 19.3 Å². The van der Waals surface area contributed by atoms with E-state index < -0.39 is 36.3 Å². The summed E-state index contributed by atoms with van der Waals surface area (Å²) in [5.74, 6) is -4.15. The molecule has 1 fully saturated rings. The summed E-state index contributed by atoms with van der Waals surface area (Å²) in [5, 5.41) is 14.6. The van der Waals surface area contributed by atoms with Crippen molar-refractivity contribution in [3.8, 4) is 0 Å². The summed E-state index contributed by atoms with van der Waals surface area (Å²) < 4.78 is 47.8. The van der Waals surface area contributed by atoms with Crippen LogP contribution in [0.2, 0.25) is 0 Å². The number of likely N-dealkylation sites (tertiary alicyclic amines) is 1. The first kappa shape index (κ1) is 43.9. The summed E-state index contributed by atoms with van der Waals surface area (Å²) >= 11 is 0. The van der Waals surface area contributed by atoms with Crippen LogP contribution in [0.1, 0.15) is 55.2 Å². The first-order valence-corrected chi connectivity index (χ1v) is 17.8. The number of unbranched alkanes of at least 4 members (excludes halogenated alkanes) is 1. The molecule has 1 aliphatic heterocycles. The topological polar surface area (TPSA) is 191 Å². The molecule has 2 amide bonds. The third-order valence-corrected chi connectivity index (χ3v) is 8.38. The maximum absolute atomic E-state index is 13.2. The molecule has 0 unspecified atom stereocenters. The summed E-state index contributed by atoms with van der Waals surface area (Å²) in [6, 6.07) is 26.8. The Morgan fingerprint density at radius 1 is 0.800 bits per heavy atom. The third kappa shape index (κ3) is 17.5. The van der Waals surface area contributed by atoms with Crippen LogP contribution in [0, 0.1) is 0 Å². The van der Waals surface area contributed by atoms with Crippen molar-refractivity contribution >= 4 is 29.9 Å². The maximum Gasteiger partial charge on any atom is 0.430 e. The van der Waals surface area contributed by atoms with Crippen molar-refractivity contribution in [2.45, 2.75) is 82.6 Å². The van der Waals surface area contributed by atoms with E-state index in [0.29, 0.717) is 45.3 Å². The molecule has 1 heterocycles. The predicted molar refractivity (Wildman–Crippen MR) is 190 cm³/mol.